The maximum atomic E-state index is 12.9. The van der Waals surface area contributed by atoms with Crippen molar-refractivity contribution in [3.63, 3.8) is 0 Å². The largest absolute Gasteiger partial charge is 0.325 e. The molecule has 0 spiro atoms. The van der Waals surface area contributed by atoms with Crippen molar-refractivity contribution >= 4 is 34.2 Å². The predicted molar refractivity (Wildman–Crippen MR) is 78.2 cm³/mol. The second kappa shape index (κ2) is 5.49. The zero-order valence-electron chi connectivity index (χ0n) is 10.8. The van der Waals surface area contributed by atoms with Crippen molar-refractivity contribution in [2.24, 2.45) is 0 Å². The topological polar surface area (TPSA) is 59.8 Å². The van der Waals surface area contributed by atoms with Gasteiger partial charge in [0.05, 0.1) is 5.69 Å². The molecule has 1 N–H and O–H groups in total. The Labute approximate surface area is 124 Å². The number of rotatable bonds is 3. The van der Waals surface area contributed by atoms with E-state index in [1.807, 2.05) is 0 Å². The molecule has 3 aromatic rings. The number of hydrogen-bond acceptors (Lipinski definition) is 3. The van der Waals surface area contributed by atoms with Crippen molar-refractivity contribution in [3.8, 4) is 5.69 Å². The molecule has 1 heterocycles. The Morgan fingerprint density at radius 1 is 1.14 bits per heavy atom. The van der Waals surface area contributed by atoms with Crippen LogP contribution in [0.3, 0.4) is 0 Å². The quantitative estimate of drug-likeness (QED) is 0.757. The van der Waals surface area contributed by atoms with E-state index in [2.05, 4.69) is 15.5 Å². The molecule has 0 saturated carbocycles. The van der Waals surface area contributed by atoms with Crippen molar-refractivity contribution < 1.29 is 9.18 Å². The van der Waals surface area contributed by atoms with Gasteiger partial charge in [0.25, 0.3) is 0 Å². The monoisotopic (exact) mass is 304 g/mol. The van der Waals surface area contributed by atoms with Crippen LogP contribution in [0.2, 0.25) is 0 Å². The van der Waals surface area contributed by atoms with Crippen molar-refractivity contribution in [1.82, 2.24) is 15.0 Å². The van der Waals surface area contributed by atoms with Gasteiger partial charge in [-0.15, -0.1) is 21.8 Å². The summed E-state index contributed by atoms with van der Waals surface area (Å²) in [5, 5.41) is 11.2. The molecule has 7 heteroatoms. The van der Waals surface area contributed by atoms with Gasteiger partial charge in [-0.2, -0.15) is 4.80 Å². The molecule has 106 valence electrons. The second-order valence-electron chi connectivity index (χ2n) is 4.35. The van der Waals surface area contributed by atoms with Gasteiger partial charge in [-0.1, -0.05) is 0 Å². The molecule has 0 bridgehead atoms. The van der Waals surface area contributed by atoms with Crippen LogP contribution in [-0.2, 0) is 4.79 Å². The minimum absolute atomic E-state index is 0.111. The fourth-order valence-electron chi connectivity index (χ4n) is 1.88. The predicted octanol–water partition coefficient (Wildman–Crippen LogP) is 2.74. The number of hydrogen-bond donors (Lipinski definition) is 1. The number of carbonyl (C=O) groups is 1. The Bertz CT molecular complexity index is 800. The Morgan fingerprint density at radius 3 is 2.57 bits per heavy atom. The molecule has 1 aromatic heterocycles. The van der Waals surface area contributed by atoms with Crippen LogP contribution < -0.4 is 5.32 Å². The number of amides is 1. The van der Waals surface area contributed by atoms with E-state index in [1.165, 1.54) is 16.9 Å². The number of aromatic nitrogens is 3. The lowest BCUT2D eigenvalue weighted by Gasteiger charge is -2.01. The zero-order valence-corrected chi connectivity index (χ0v) is 11.5. The van der Waals surface area contributed by atoms with Gasteiger partial charge in [-0.3, -0.25) is 4.79 Å². The third-order valence-corrected chi connectivity index (χ3v) is 3.09. The summed E-state index contributed by atoms with van der Waals surface area (Å²) in [7, 11) is 0. The highest BCUT2D eigenvalue weighted by Crippen LogP contribution is 2.17. The summed E-state index contributed by atoms with van der Waals surface area (Å²) in [4.78, 5) is 12.7. The summed E-state index contributed by atoms with van der Waals surface area (Å²) in [5.74, 6) is -0.719. The van der Waals surface area contributed by atoms with E-state index in [1.54, 1.807) is 30.3 Å². The highest BCUT2D eigenvalue weighted by atomic mass is 35.5. The Balaban J connectivity index is 1.96. The lowest BCUT2D eigenvalue weighted by atomic mass is 10.3. The minimum Gasteiger partial charge on any atom is -0.325 e. The van der Waals surface area contributed by atoms with E-state index in [0.717, 1.165) is 0 Å². The summed E-state index contributed by atoms with van der Waals surface area (Å²) in [6.07, 6.45) is 0. The SMILES string of the molecule is O=C(CCl)Nc1ccc2nn(-c3ccc(F)cc3)nc2c1. The summed E-state index contributed by atoms with van der Waals surface area (Å²) >= 11 is 5.44. The van der Waals surface area contributed by atoms with Crippen LogP contribution in [0.1, 0.15) is 0 Å². The van der Waals surface area contributed by atoms with Gasteiger partial charge in [0.15, 0.2) is 0 Å². The van der Waals surface area contributed by atoms with Gasteiger partial charge in [0, 0.05) is 5.69 Å². The molecule has 0 unspecified atom stereocenters. The molecule has 0 saturated heterocycles. The molecule has 0 fully saturated rings. The molecule has 0 atom stereocenters. The number of fused-ring (bicyclic) bond motifs is 1. The first-order chi connectivity index (χ1) is 10.2. The van der Waals surface area contributed by atoms with E-state index in [4.69, 9.17) is 11.6 Å². The molecule has 0 radical (unpaired) electrons. The van der Waals surface area contributed by atoms with Crippen LogP contribution in [0.15, 0.2) is 42.5 Å². The summed E-state index contributed by atoms with van der Waals surface area (Å²) in [6, 6.07) is 11.0. The van der Waals surface area contributed by atoms with E-state index in [0.29, 0.717) is 22.4 Å². The number of alkyl halides is 1. The zero-order chi connectivity index (χ0) is 14.8. The van der Waals surface area contributed by atoms with Gasteiger partial charge in [0.1, 0.15) is 22.7 Å². The van der Waals surface area contributed by atoms with Gasteiger partial charge in [-0.25, -0.2) is 4.39 Å². The number of benzene rings is 2. The maximum Gasteiger partial charge on any atom is 0.239 e. The number of halogens is 2. The smallest absolute Gasteiger partial charge is 0.239 e. The molecule has 0 aliphatic heterocycles. The summed E-state index contributed by atoms with van der Waals surface area (Å²) < 4.78 is 12.9. The molecule has 0 aliphatic rings. The standard InChI is InChI=1S/C14H10ClFN4O/c15-8-14(21)17-10-3-6-12-13(7-10)19-20(18-12)11-4-1-9(16)2-5-11/h1-7H,8H2,(H,17,21). The first-order valence-corrected chi connectivity index (χ1v) is 6.68. The molecule has 0 aliphatic carbocycles. The first kappa shape index (κ1) is 13.5. The maximum absolute atomic E-state index is 12.9. The molecule has 21 heavy (non-hydrogen) atoms. The van der Waals surface area contributed by atoms with Crippen molar-refractivity contribution in [2.75, 3.05) is 11.2 Å². The summed E-state index contributed by atoms with van der Waals surface area (Å²) in [6.45, 7) is 0. The van der Waals surface area contributed by atoms with Gasteiger partial charge in [-0.05, 0) is 42.5 Å². The average molecular weight is 305 g/mol. The van der Waals surface area contributed by atoms with E-state index in [9.17, 15) is 9.18 Å². The Kier molecular flexibility index (Phi) is 3.53. The van der Waals surface area contributed by atoms with Gasteiger partial charge < -0.3 is 5.32 Å². The third kappa shape index (κ3) is 2.85. The Hall–Kier alpha value is -2.47. The minimum atomic E-state index is -0.318. The van der Waals surface area contributed by atoms with Crippen LogP contribution >= 0.6 is 11.6 Å². The van der Waals surface area contributed by atoms with Crippen molar-refractivity contribution in [2.45, 2.75) is 0 Å². The molecular formula is C14H10ClFN4O. The fraction of sp³-hybridized carbons (Fsp3) is 0.0714. The van der Waals surface area contributed by atoms with Crippen molar-refractivity contribution in [3.05, 3.63) is 48.3 Å². The Morgan fingerprint density at radius 2 is 1.86 bits per heavy atom. The molecule has 3 rings (SSSR count). The number of nitrogens with one attached hydrogen (secondary N) is 1. The third-order valence-electron chi connectivity index (χ3n) is 2.84. The number of carbonyl (C=O) groups excluding carboxylic acids is 1. The van der Waals surface area contributed by atoms with Crippen LogP contribution in [0.4, 0.5) is 10.1 Å². The second-order valence-corrected chi connectivity index (χ2v) is 4.62. The highest BCUT2D eigenvalue weighted by molar-refractivity contribution is 6.29. The van der Waals surface area contributed by atoms with Crippen LogP contribution in [-0.4, -0.2) is 26.8 Å². The fourth-order valence-corrected chi connectivity index (χ4v) is 1.94. The summed E-state index contributed by atoms with van der Waals surface area (Å²) in [5.41, 5.74) is 2.54. The lowest BCUT2D eigenvalue weighted by Crippen LogP contribution is -2.12. The van der Waals surface area contributed by atoms with Gasteiger partial charge in [0.2, 0.25) is 5.91 Å². The van der Waals surface area contributed by atoms with Crippen LogP contribution in [0.25, 0.3) is 16.7 Å². The van der Waals surface area contributed by atoms with Crippen molar-refractivity contribution in [1.29, 1.82) is 0 Å². The first-order valence-electron chi connectivity index (χ1n) is 6.14. The van der Waals surface area contributed by atoms with Gasteiger partial charge >= 0.3 is 0 Å². The van der Waals surface area contributed by atoms with Crippen LogP contribution in [0, 0.1) is 5.82 Å². The molecular weight excluding hydrogens is 295 g/mol. The molecule has 1 amide bonds. The number of anilines is 1. The van der Waals surface area contributed by atoms with E-state index in [-0.39, 0.29) is 17.6 Å². The average Bonchev–Trinajstić information content (AvgIpc) is 2.91. The molecule has 5 nitrogen and oxygen atoms in total. The number of nitrogens with zero attached hydrogens (tertiary/aromatic N) is 3. The highest BCUT2D eigenvalue weighted by Gasteiger charge is 2.07. The van der Waals surface area contributed by atoms with Crippen LogP contribution in [0.5, 0.6) is 0 Å². The lowest BCUT2D eigenvalue weighted by molar-refractivity contribution is -0.113. The normalized spacial score (nSPS) is 10.8. The molecule has 2 aromatic carbocycles. The van der Waals surface area contributed by atoms with E-state index >= 15 is 0 Å². The van der Waals surface area contributed by atoms with E-state index < -0.39 is 0 Å².